The van der Waals surface area contributed by atoms with Crippen molar-refractivity contribution in [3.63, 3.8) is 0 Å². The van der Waals surface area contributed by atoms with Gasteiger partial charge < -0.3 is 14.8 Å². The van der Waals surface area contributed by atoms with Gasteiger partial charge in [0.1, 0.15) is 11.5 Å². The minimum atomic E-state index is -0.292. The molecule has 5 nitrogen and oxygen atoms in total. The molecule has 0 bridgehead atoms. The summed E-state index contributed by atoms with van der Waals surface area (Å²) in [5.41, 5.74) is 3.35. The lowest BCUT2D eigenvalue weighted by Crippen LogP contribution is -2.20. The molecule has 5 heteroatoms. The highest BCUT2D eigenvalue weighted by Crippen LogP contribution is 2.24. The third-order valence-corrected chi connectivity index (χ3v) is 3.73. The number of hydrogen-bond donors (Lipinski definition) is 1. The van der Waals surface area contributed by atoms with Crippen molar-refractivity contribution in [2.24, 2.45) is 0 Å². The van der Waals surface area contributed by atoms with Crippen molar-refractivity contribution in [1.29, 1.82) is 0 Å². The average Bonchev–Trinajstić information content (AvgIpc) is 2.61. The van der Waals surface area contributed by atoms with Crippen molar-refractivity contribution in [3.05, 3.63) is 53.1 Å². The number of benzene rings is 2. The lowest BCUT2D eigenvalue weighted by Gasteiger charge is -2.12. The van der Waals surface area contributed by atoms with E-state index in [9.17, 15) is 9.59 Å². The minimum absolute atomic E-state index is 0.189. The third-order valence-electron chi connectivity index (χ3n) is 3.73. The number of anilines is 1. The van der Waals surface area contributed by atoms with E-state index in [0.717, 1.165) is 17.5 Å². The van der Waals surface area contributed by atoms with Crippen LogP contribution in [0.4, 0.5) is 5.69 Å². The Morgan fingerprint density at radius 1 is 1.08 bits per heavy atom. The van der Waals surface area contributed by atoms with Gasteiger partial charge in [0.2, 0.25) is 0 Å². The summed E-state index contributed by atoms with van der Waals surface area (Å²) >= 11 is 0. The zero-order chi connectivity index (χ0) is 18.2. The summed E-state index contributed by atoms with van der Waals surface area (Å²) in [5.74, 6) is 0.649. The maximum absolute atomic E-state index is 12.1. The number of hydrogen-bond acceptors (Lipinski definition) is 4. The fourth-order valence-corrected chi connectivity index (χ4v) is 2.21. The molecule has 0 aliphatic carbocycles. The second kappa shape index (κ2) is 8.87. The minimum Gasteiger partial charge on any atom is -0.493 e. The number of carbonyl (C=O) groups is 2. The van der Waals surface area contributed by atoms with Gasteiger partial charge in [-0.3, -0.25) is 9.59 Å². The molecular weight excluding hydrogens is 318 g/mol. The normalized spacial score (nSPS) is 10.2. The van der Waals surface area contributed by atoms with E-state index < -0.39 is 0 Å². The number of nitrogens with one attached hydrogen (secondary N) is 1. The van der Waals surface area contributed by atoms with Gasteiger partial charge in [-0.25, -0.2) is 0 Å². The molecule has 0 radical (unpaired) electrons. The van der Waals surface area contributed by atoms with Crippen molar-refractivity contribution in [3.8, 4) is 11.5 Å². The van der Waals surface area contributed by atoms with E-state index in [0.29, 0.717) is 35.6 Å². The molecule has 2 aromatic rings. The molecule has 2 aromatic carbocycles. The van der Waals surface area contributed by atoms with Gasteiger partial charge in [0.15, 0.2) is 12.9 Å². The summed E-state index contributed by atoms with van der Waals surface area (Å²) in [6.45, 7) is 6.39. The highest BCUT2D eigenvalue weighted by Gasteiger charge is 2.09. The Labute approximate surface area is 148 Å². The van der Waals surface area contributed by atoms with E-state index in [4.69, 9.17) is 9.47 Å². The van der Waals surface area contributed by atoms with Gasteiger partial charge in [-0.05, 0) is 55.7 Å². The Hall–Kier alpha value is -2.82. The zero-order valence-electron chi connectivity index (χ0n) is 14.8. The van der Waals surface area contributed by atoms with Crippen molar-refractivity contribution in [1.82, 2.24) is 0 Å². The van der Waals surface area contributed by atoms with E-state index in [-0.39, 0.29) is 12.5 Å². The first-order valence-corrected chi connectivity index (χ1v) is 8.25. The third kappa shape index (κ3) is 5.35. The van der Waals surface area contributed by atoms with Crippen molar-refractivity contribution in [2.75, 3.05) is 18.5 Å². The Morgan fingerprint density at radius 3 is 2.56 bits per heavy atom. The van der Waals surface area contributed by atoms with Crippen LogP contribution in [0.1, 0.15) is 34.8 Å². The summed E-state index contributed by atoms with van der Waals surface area (Å²) in [5, 5.41) is 2.78. The van der Waals surface area contributed by atoms with Crippen LogP contribution >= 0.6 is 0 Å². The molecular formula is C20H23NO4. The predicted octanol–water partition coefficient (Wildman–Crippen LogP) is 3.92. The number of carbonyl (C=O) groups excluding carboxylic acids is 2. The highest BCUT2D eigenvalue weighted by atomic mass is 16.5. The summed E-state index contributed by atoms with van der Waals surface area (Å²) < 4.78 is 11.0. The van der Waals surface area contributed by atoms with Crippen LogP contribution in [0.25, 0.3) is 0 Å². The summed E-state index contributed by atoms with van der Waals surface area (Å²) in [4.78, 5) is 23.2. The predicted molar refractivity (Wildman–Crippen MR) is 97.7 cm³/mol. The fourth-order valence-electron chi connectivity index (χ4n) is 2.21. The van der Waals surface area contributed by atoms with Crippen LogP contribution in [0, 0.1) is 13.8 Å². The van der Waals surface area contributed by atoms with Crippen LogP contribution in [0.15, 0.2) is 36.4 Å². The van der Waals surface area contributed by atoms with Crippen LogP contribution in [0.3, 0.4) is 0 Å². The molecule has 132 valence electrons. The largest absolute Gasteiger partial charge is 0.493 e. The van der Waals surface area contributed by atoms with Crippen molar-refractivity contribution in [2.45, 2.75) is 27.2 Å². The number of aryl methyl sites for hydroxylation is 2. The Balaban J connectivity index is 2.00. The van der Waals surface area contributed by atoms with E-state index >= 15 is 0 Å². The quantitative estimate of drug-likeness (QED) is 0.739. The highest BCUT2D eigenvalue weighted by molar-refractivity contribution is 5.92. The summed E-state index contributed by atoms with van der Waals surface area (Å²) in [6.07, 6.45) is 1.57. The molecule has 0 saturated carbocycles. The monoisotopic (exact) mass is 341 g/mol. The second-order valence-electron chi connectivity index (χ2n) is 5.80. The molecule has 0 aromatic heterocycles. The van der Waals surface area contributed by atoms with Crippen LogP contribution in [0.5, 0.6) is 11.5 Å². The molecule has 1 amide bonds. The molecule has 0 unspecified atom stereocenters. The topological polar surface area (TPSA) is 64.6 Å². The molecule has 0 aliphatic heterocycles. The van der Waals surface area contributed by atoms with Gasteiger partial charge in [0.25, 0.3) is 5.91 Å². The average molecular weight is 341 g/mol. The van der Waals surface area contributed by atoms with Gasteiger partial charge in [-0.15, -0.1) is 0 Å². The van der Waals surface area contributed by atoms with Gasteiger partial charge in [0, 0.05) is 11.8 Å². The lowest BCUT2D eigenvalue weighted by atomic mass is 10.1. The molecule has 2 rings (SSSR count). The number of rotatable bonds is 8. The molecule has 1 N–H and O–H groups in total. The molecule has 0 atom stereocenters. The number of aldehydes is 1. The molecule has 25 heavy (non-hydrogen) atoms. The standard InChI is InChI=1S/C20H23NO4/c1-4-9-24-18-8-6-16(12-22)19(11-18)25-13-20(23)21-17-7-5-14(2)15(3)10-17/h5-8,10-12H,4,9,13H2,1-3H3,(H,21,23). The van der Waals surface area contributed by atoms with Gasteiger partial charge in [-0.2, -0.15) is 0 Å². The lowest BCUT2D eigenvalue weighted by molar-refractivity contribution is -0.118. The van der Waals surface area contributed by atoms with Gasteiger partial charge in [-0.1, -0.05) is 13.0 Å². The van der Waals surface area contributed by atoms with E-state index in [2.05, 4.69) is 5.32 Å². The maximum atomic E-state index is 12.1. The summed E-state index contributed by atoms with van der Waals surface area (Å²) in [6, 6.07) is 10.7. The Kier molecular flexibility index (Phi) is 6.57. The van der Waals surface area contributed by atoms with Crippen LogP contribution < -0.4 is 14.8 Å². The Morgan fingerprint density at radius 2 is 1.88 bits per heavy atom. The Bertz CT molecular complexity index is 755. The number of amides is 1. The fraction of sp³-hybridized carbons (Fsp3) is 0.300. The molecule has 0 spiro atoms. The molecule has 0 heterocycles. The summed E-state index contributed by atoms with van der Waals surface area (Å²) in [7, 11) is 0. The molecule has 0 fully saturated rings. The SMILES string of the molecule is CCCOc1ccc(C=O)c(OCC(=O)Nc2ccc(C)c(C)c2)c1. The maximum Gasteiger partial charge on any atom is 0.262 e. The second-order valence-corrected chi connectivity index (χ2v) is 5.80. The van der Waals surface area contributed by atoms with Gasteiger partial charge >= 0.3 is 0 Å². The van der Waals surface area contributed by atoms with Gasteiger partial charge in [0.05, 0.1) is 12.2 Å². The zero-order valence-corrected chi connectivity index (χ0v) is 14.8. The van der Waals surface area contributed by atoms with Crippen LogP contribution in [0.2, 0.25) is 0 Å². The first-order chi connectivity index (χ1) is 12.0. The molecule has 0 aliphatic rings. The van der Waals surface area contributed by atoms with E-state index in [1.807, 2.05) is 39.0 Å². The van der Waals surface area contributed by atoms with E-state index in [1.54, 1.807) is 18.2 Å². The van der Waals surface area contributed by atoms with Crippen molar-refractivity contribution >= 4 is 17.9 Å². The van der Waals surface area contributed by atoms with Crippen LogP contribution in [-0.4, -0.2) is 25.4 Å². The number of ether oxygens (including phenoxy) is 2. The van der Waals surface area contributed by atoms with Crippen molar-refractivity contribution < 1.29 is 19.1 Å². The van der Waals surface area contributed by atoms with Crippen LogP contribution in [-0.2, 0) is 4.79 Å². The first kappa shape index (κ1) is 18.5. The smallest absolute Gasteiger partial charge is 0.262 e. The van der Waals surface area contributed by atoms with E-state index in [1.165, 1.54) is 0 Å². The molecule has 0 saturated heterocycles. The first-order valence-electron chi connectivity index (χ1n) is 8.25.